The summed E-state index contributed by atoms with van der Waals surface area (Å²) >= 11 is 0. The van der Waals surface area contributed by atoms with E-state index in [1.54, 1.807) is 12.3 Å². The first-order chi connectivity index (χ1) is 13.2. The summed E-state index contributed by atoms with van der Waals surface area (Å²) in [6.07, 6.45) is 7.22. The van der Waals surface area contributed by atoms with E-state index in [0.717, 1.165) is 36.8 Å². The predicted octanol–water partition coefficient (Wildman–Crippen LogP) is 4.11. The molecule has 4 heteroatoms. The zero-order chi connectivity index (χ0) is 18.6. The van der Waals surface area contributed by atoms with Gasteiger partial charge >= 0.3 is 0 Å². The number of para-hydroxylation sites is 1. The minimum atomic E-state index is -0.250. The van der Waals surface area contributed by atoms with Gasteiger partial charge in [0.1, 0.15) is 5.56 Å². The molecule has 1 N–H and O–H groups in total. The van der Waals surface area contributed by atoms with Gasteiger partial charge in [-0.05, 0) is 30.5 Å². The molecule has 2 aromatic carbocycles. The molecule has 0 aliphatic heterocycles. The highest BCUT2D eigenvalue weighted by atomic mass is 16.2. The van der Waals surface area contributed by atoms with Crippen LogP contribution in [0.3, 0.4) is 0 Å². The lowest BCUT2D eigenvalue weighted by molar-refractivity contribution is 0.0926. The van der Waals surface area contributed by atoms with Crippen LogP contribution in [0.5, 0.6) is 0 Å². The molecule has 138 valence electrons. The smallest absolute Gasteiger partial charge is 0.256 e. The second kappa shape index (κ2) is 7.78. The van der Waals surface area contributed by atoms with Crippen LogP contribution in [0.15, 0.2) is 65.6 Å². The van der Waals surface area contributed by atoms with Gasteiger partial charge < -0.3 is 9.88 Å². The van der Waals surface area contributed by atoms with Gasteiger partial charge in [0, 0.05) is 24.2 Å². The summed E-state index contributed by atoms with van der Waals surface area (Å²) < 4.78 is 2.00. The Hall–Kier alpha value is -2.88. The Morgan fingerprint density at radius 1 is 0.963 bits per heavy atom. The molecule has 1 amide bonds. The van der Waals surface area contributed by atoms with Crippen molar-refractivity contribution < 1.29 is 4.79 Å². The standard InChI is InChI=1S/C23H24N2O2/c26-22-19-13-7-8-14-21(19)25(15-17-9-3-1-4-10-17)16-20(22)23(27)24-18-11-5-2-6-12-18/h1,3-4,7-10,13-14,16,18H,2,5-6,11-12,15H2,(H,24,27). The van der Waals surface area contributed by atoms with Gasteiger partial charge in [-0.3, -0.25) is 9.59 Å². The van der Waals surface area contributed by atoms with Crippen molar-refractivity contribution in [3.05, 3.63) is 82.1 Å². The van der Waals surface area contributed by atoms with Crippen molar-refractivity contribution in [1.82, 2.24) is 9.88 Å². The van der Waals surface area contributed by atoms with Crippen molar-refractivity contribution in [2.75, 3.05) is 0 Å². The number of pyridine rings is 1. The Morgan fingerprint density at radius 2 is 1.67 bits per heavy atom. The lowest BCUT2D eigenvalue weighted by atomic mass is 9.95. The SMILES string of the molecule is O=C(NC1CCCCC1)c1cn(Cc2ccccc2)c2ccccc2c1=O. The summed E-state index contributed by atoms with van der Waals surface area (Å²) in [6.45, 7) is 0.616. The number of benzene rings is 2. The van der Waals surface area contributed by atoms with Crippen LogP contribution >= 0.6 is 0 Å². The lowest BCUT2D eigenvalue weighted by Gasteiger charge is -2.23. The van der Waals surface area contributed by atoms with Gasteiger partial charge in [0.15, 0.2) is 0 Å². The lowest BCUT2D eigenvalue weighted by Crippen LogP contribution is -2.38. The normalized spacial score (nSPS) is 15.0. The van der Waals surface area contributed by atoms with Crippen LogP contribution in [0.4, 0.5) is 0 Å². The first kappa shape index (κ1) is 17.5. The van der Waals surface area contributed by atoms with E-state index in [4.69, 9.17) is 0 Å². The van der Waals surface area contributed by atoms with E-state index in [-0.39, 0.29) is 22.9 Å². The monoisotopic (exact) mass is 360 g/mol. The predicted molar refractivity (Wildman–Crippen MR) is 108 cm³/mol. The molecule has 0 bridgehead atoms. The minimum absolute atomic E-state index is 0.180. The van der Waals surface area contributed by atoms with Gasteiger partial charge in [0.25, 0.3) is 5.91 Å². The quantitative estimate of drug-likeness (QED) is 0.761. The zero-order valence-electron chi connectivity index (χ0n) is 15.4. The van der Waals surface area contributed by atoms with Crippen molar-refractivity contribution in [3.63, 3.8) is 0 Å². The average molecular weight is 360 g/mol. The van der Waals surface area contributed by atoms with E-state index in [1.807, 2.05) is 41.0 Å². The van der Waals surface area contributed by atoms with Gasteiger partial charge in [0.05, 0.1) is 5.52 Å². The van der Waals surface area contributed by atoms with Crippen molar-refractivity contribution in [3.8, 4) is 0 Å². The van der Waals surface area contributed by atoms with E-state index in [0.29, 0.717) is 11.9 Å². The molecule has 0 radical (unpaired) electrons. The number of rotatable bonds is 4. The molecule has 27 heavy (non-hydrogen) atoms. The molecule has 4 nitrogen and oxygen atoms in total. The van der Waals surface area contributed by atoms with E-state index in [2.05, 4.69) is 17.4 Å². The number of amides is 1. The van der Waals surface area contributed by atoms with Crippen LogP contribution in [-0.2, 0) is 6.54 Å². The number of nitrogens with zero attached hydrogens (tertiary/aromatic N) is 1. The van der Waals surface area contributed by atoms with Gasteiger partial charge in [0.2, 0.25) is 5.43 Å². The molecule has 1 saturated carbocycles. The largest absolute Gasteiger partial charge is 0.349 e. The van der Waals surface area contributed by atoms with E-state index in [1.165, 1.54) is 6.42 Å². The van der Waals surface area contributed by atoms with Crippen molar-refractivity contribution in [1.29, 1.82) is 0 Å². The number of nitrogens with one attached hydrogen (secondary N) is 1. The number of carbonyl (C=O) groups excluding carboxylic acids is 1. The maximum atomic E-state index is 12.9. The van der Waals surface area contributed by atoms with Gasteiger partial charge in [-0.1, -0.05) is 61.7 Å². The first-order valence-corrected chi connectivity index (χ1v) is 9.69. The van der Waals surface area contributed by atoms with Crippen LogP contribution < -0.4 is 10.7 Å². The fourth-order valence-electron chi connectivity index (χ4n) is 3.93. The second-order valence-corrected chi connectivity index (χ2v) is 7.31. The number of hydrogen-bond acceptors (Lipinski definition) is 2. The van der Waals surface area contributed by atoms with E-state index in [9.17, 15) is 9.59 Å². The molecule has 1 fully saturated rings. The molecule has 0 spiro atoms. The zero-order valence-corrected chi connectivity index (χ0v) is 15.4. The van der Waals surface area contributed by atoms with Crippen LogP contribution in [0.2, 0.25) is 0 Å². The Morgan fingerprint density at radius 3 is 2.44 bits per heavy atom. The van der Waals surface area contributed by atoms with Gasteiger partial charge in [-0.2, -0.15) is 0 Å². The molecule has 1 heterocycles. The van der Waals surface area contributed by atoms with E-state index >= 15 is 0 Å². The van der Waals surface area contributed by atoms with Crippen molar-refractivity contribution in [2.45, 2.75) is 44.7 Å². The summed E-state index contributed by atoms with van der Waals surface area (Å²) in [5.41, 5.74) is 2.02. The van der Waals surface area contributed by atoms with Gasteiger partial charge in [-0.15, -0.1) is 0 Å². The third-order valence-electron chi connectivity index (χ3n) is 5.37. The third kappa shape index (κ3) is 3.80. The fraction of sp³-hybridized carbons (Fsp3) is 0.304. The highest BCUT2D eigenvalue weighted by molar-refractivity contribution is 5.97. The minimum Gasteiger partial charge on any atom is -0.349 e. The summed E-state index contributed by atoms with van der Waals surface area (Å²) in [5.74, 6) is -0.250. The summed E-state index contributed by atoms with van der Waals surface area (Å²) in [6, 6.07) is 17.8. The maximum absolute atomic E-state index is 12.9. The number of aromatic nitrogens is 1. The number of hydrogen-bond donors (Lipinski definition) is 1. The molecule has 1 aromatic heterocycles. The average Bonchev–Trinajstić information content (AvgIpc) is 2.71. The maximum Gasteiger partial charge on any atom is 0.256 e. The highest BCUT2D eigenvalue weighted by Gasteiger charge is 2.20. The molecule has 4 rings (SSSR count). The van der Waals surface area contributed by atoms with E-state index < -0.39 is 0 Å². The van der Waals surface area contributed by atoms with Crippen molar-refractivity contribution >= 4 is 16.8 Å². The Balaban J connectivity index is 1.73. The Bertz CT molecular complexity index is 1000. The molecule has 0 atom stereocenters. The molecule has 3 aromatic rings. The van der Waals surface area contributed by atoms with Gasteiger partial charge in [-0.25, -0.2) is 0 Å². The first-order valence-electron chi connectivity index (χ1n) is 9.69. The summed E-state index contributed by atoms with van der Waals surface area (Å²) in [7, 11) is 0. The summed E-state index contributed by atoms with van der Waals surface area (Å²) in [4.78, 5) is 25.8. The molecule has 1 aliphatic rings. The molecule has 0 saturated heterocycles. The topological polar surface area (TPSA) is 51.1 Å². The Labute approximate surface area is 158 Å². The second-order valence-electron chi connectivity index (χ2n) is 7.31. The Kier molecular flexibility index (Phi) is 5.05. The molecular weight excluding hydrogens is 336 g/mol. The fourth-order valence-corrected chi connectivity index (χ4v) is 3.93. The van der Waals surface area contributed by atoms with Crippen LogP contribution in [0, 0.1) is 0 Å². The molecular formula is C23H24N2O2. The van der Waals surface area contributed by atoms with Crippen molar-refractivity contribution in [2.24, 2.45) is 0 Å². The molecule has 0 unspecified atom stereocenters. The third-order valence-corrected chi connectivity index (χ3v) is 5.37. The molecule has 1 aliphatic carbocycles. The number of fused-ring (bicyclic) bond motifs is 1. The number of carbonyl (C=O) groups is 1. The van der Waals surface area contributed by atoms with Crippen LogP contribution in [0.25, 0.3) is 10.9 Å². The van der Waals surface area contributed by atoms with Crippen LogP contribution in [0.1, 0.15) is 48.0 Å². The van der Waals surface area contributed by atoms with Crippen LogP contribution in [-0.4, -0.2) is 16.5 Å². The summed E-state index contributed by atoms with van der Waals surface area (Å²) in [5, 5.41) is 3.67. The highest BCUT2D eigenvalue weighted by Crippen LogP contribution is 2.18.